The molecule has 0 radical (unpaired) electrons. The molecule has 41 heavy (non-hydrogen) atoms. The maximum absolute atomic E-state index is 12.7. The van der Waals surface area contributed by atoms with Crippen molar-refractivity contribution in [2.24, 2.45) is 0 Å². The van der Waals surface area contributed by atoms with Crippen LogP contribution in [-0.4, -0.2) is 61.7 Å². The highest BCUT2D eigenvalue weighted by molar-refractivity contribution is 8.00. The summed E-state index contributed by atoms with van der Waals surface area (Å²) in [6, 6.07) is 14.9. The number of benzene rings is 2. The first-order valence-electron chi connectivity index (χ1n) is 13.8. The molecule has 5 atom stereocenters. The van der Waals surface area contributed by atoms with Crippen LogP contribution in [0.2, 0.25) is 0 Å². The van der Waals surface area contributed by atoms with Crippen molar-refractivity contribution >= 4 is 33.2 Å². The van der Waals surface area contributed by atoms with E-state index in [9.17, 15) is 5.11 Å². The largest absolute Gasteiger partial charge is 0.376 e. The summed E-state index contributed by atoms with van der Waals surface area (Å²) >= 11 is 3.04. The van der Waals surface area contributed by atoms with Gasteiger partial charge in [0.05, 0.1) is 38.3 Å². The first-order chi connectivity index (χ1) is 20.0. The lowest BCUT2D eigenvalue weighted by molar-refractivity contribution is -0.179. The van der Waals surface area contributed by atoms with Gasteiger partial charge in [-0.3, -0.25) is 0 Å². The maximum Gasteiger partial charge on any atom is 0.166 e. The lowest BCUT2D eigenvalue weighted by Gasteiger charge is -2.50. The molecule has 1 aliphatic heterocycles. The first kappa shape index (κ1) is 31.4. The molecular weight excluding hydrogens is 553 g/mol. The van der Waals surface area contributed by atoms with Crippen LogP contribution in [0.4, 0.5) is 0 Å². The van der Waals surface area contributed by atoms with E-state index in [1.165, 1.54) is 28.5 Å². The van der Waals surface area contributed by atoms with Crippen molar-refractivity contribution in [3.63, 3.8) is 0 Å². The monoisotopic (exact) mass is 592 g/mol. The molecule has 1 saturated heterocycles. The number of hydrogen-bond donors (Lipinski definition) is 1. The van der Waals surface area contributed by atoms with E-state index < -0.39 is 23.2 Å². The molecule has 2 aromatic carbocycles. The van der Waals surface area contributed by atoms with Gasteiger partial charge in [0.2, 0.25) is 0 Å². The van der Waals surface area contributed by atoms with Gasteiger partial charge in [-0.2, -0.15) is 0 Å². The van der Waals surface area contributed by atoms with Crippen LogP contribution in [0.15, 0.2) is 98.5 Å². The molecule has 7 heteroatoms. The molecule has 0 saturated carbocycles. The summed E-state index contributed by atoms with van der Waals surface area (Å²) in [6.45, 7) is 18.9. The Morgan fingerprint density at radius 1 is 0.854 bits per heavy atom. The molecule has 0 unspecified atom stereocenters. The molecule has 0 aliphatic carbocycles. The summed E-state index contributed by atoms with van der Waals surface area (Å²) < 4.78 is 26.0. The van der Waals surface area contributed by atoms with Gasteiger partial charge in [0.25, 0.3) is 0 Å². The van der Waals surface area contributed by atoms with E-state index in [0.717, 1.165) is 22.1 Å². The van der Waals surface area contributed by atoms with E-state index in [1.807, 2.05) is 0 Å². The van der Waals surface area contributed by atoms with Crippen molar-refractivity contribution in [2.45, 2.75) is 41.8 Å². The summed E-state index contributed by atoms with van der Waals surface area (Å²) in [5.74, 6) is 0. The van der Waals surface area contributed by atoms with E-state index in [4.69, 9.17) is 18.9 Å². The Morgan fingerprint density at radius 2 is 1.51 bits per heavy atom. The van der Waals surface area contributed by atoms with Gasteiger partial charge in [0.15, 0.2) is 4.93 Å². The molecule has 5 nitrogen and oxygen atoms in total. The quantitative estimate of drug-likeness (QED) is 0.143. The number of aliphatic hydroxyl groups is 1. The van der Waals surface area contributed by atoms with Crippen LogP contribution >= 0.6 is 23.1 Å². The van der Waals surface area contributed by atoms with Gasteiger partial charge in [-0.05, 0) is 35.2 Å². The number of thioether (sulfide) groups is 1. The third-order valence-corrected chi connectivity index (χ3v) is 9.60. The summed E-state index contributed by atoms with van der Waals surface area (Å²) in [5.41, 5.74) is 4.50. The summed E-state index contributed by atoms with van der Waals surface area (Å²) in [5, 5.41) is 15.5. The Kier molecular flexibility index (Phi) is 11.6. The number of aryl methyl sites for hydroxylation is 1. The highest BCUT2D eigenvalue weighted by Crippen LogP contribution is 2.52. The lowest BCUT2D eigenvalue weighted by Crippen LogP contribution is -2.61. The first-order valence-corrected chi connectivity index (χ1v) is 15.5. The van der Waals surface area contributed by atoms with Crippen molar-refractivity contribution in [1.82, 2.24) is 0 Å². The predicted octanol–water partition coefficient (Wildman–Crippen LogP) is 6.98. The van der Waals surface area contributed by atoms with E-state index in [-0.39, 0.29) is 18.5 Å². The second kappa shape index (κ2) is 15.1. The minimum atomic E-state index is -1.45. The van der Waals surface area contributed by atoms with Crippen LogP contribution in [0.3, 0.4) is 0 Å². The van der Waals surface area contributed by atoms with Gasteiger partial charge in [0.1, 0.15) is 18.3 Å². The topological polar surface area (TPSA) is 57.2 Å². The van der Waals surface area contributed by atoms with Gasteiger partial charge in [-0.25, -0.2) is 0 Å². The van der Waals surface area contributed by atoms with Crippen LogP contribution in [0.25, 0.3) is 10.1 Å². The highest BCUT2D eigenvalue weighted by Gasteiger charge is 2.57. The SMILES string of the molecule is C=CCOC[C@@H]1S[C@@](O)(c2csc3c(Cc4ccc(C)cc4)cccc23)[C@H](OCC=C)[C@@H](OCC=C)[C@@H]1OCC=C. The zero-order valence-electron chi connectivity index (χ0n) is 23.7. The molecule has 3 aromatic rings. The zero-order valence-corrected chi connectivity index (χ0v) is 25.3. The highest BCUT2D eigenvalue weighted by atomic mass is 32.2. The van der Waals surface area contributed by atoms with Crippen LogP contribution in [0.5, 0.6) is 0 Å². The molecule has 0 spiro atoms. The van der Waals surface area contributed by atoms with Crippen molar-refractivity contribution in [3.05, 3.63) is 121 Å². The second-order valence-electron chi connectivity index (χ2n) is 10.0. The second-order valence-corrected chi connectivity index (χ2v) is 12.3. The third kappa shape index (κ3) is 7.30. The molecule has 2 heterocycles. The number of thiophene rings is 1. The number of fused-ring (bicyclic) bond motifs is 1. The minimum Gasteiger partial charge on any atom is -0.376 e. The third-order valence-electron chi connectivity index (χ3n) is 7.01. The summed E-state index contributed by atoms with van der Waals surface area (Å²) in [7, 11) is 0. The fourth-order valence-corrected chi connectivity index (χ4v) is 8.01. The van der Waals surface area contributed by atoms with Gasteiger partial charge in [-0.15, -0.1) is 49.4 Å². The Labute approximate surface area is 252 Å². The van der Waals surface area contributed by atoms with Crippen LogP contribution in [0.1, 0.15) is 22.3 Å². The fourth-order valence-electron chi connectivity index (χ4n) is 5.17. The van der Waals surface area contributed by atoms with E-state index >= 15 is 0 Å². The standard InChI is InChI=1S/C34H40O5S2/c1-6-17-36-22-29-30(37-18-7-2)31(38-19-8-3)33(39-20-9-4)34(35,41-29)28-23-40-32-26(11-10-12-27(28)32)21-25-15-13-24(5)14-16-25/h6-16,23,29-31,33,35H,1-4,17-22H2,5H3/t29-,30+,31-,33+,34-/m0/s1. The molecule has 1 fully saturated rings. The molecular formula is C34H40O5S2. The maximum atomic E-state index is 12.7. The van der Waals surface area contributed by atoms with E-state index in [2.05, 4.69) is 81.1 Å². The molecule has 1 N–H and O–H groups in total. The fraction of sp³-hybridized carbons (Fsp3) is 0.353. The Balaban J connectivity index is 1.79. The van der Waals surface area contributed by atoms with Gasteiger partial charge in [-0.1, -0.05) is 72.3 Å². The predicted molar refractivity (Wildman–Crippen MR) is 172 cm³/mol. The smallest absolute Gasteiger partial charge is 0.166 e. The van der Waals surface area contributed by atoms with Crippen LogP contribution in [0, 0.1) is 6.92 Å². The minimum absolute atomic E-state index is 0.244. The number of rotatable bonds is 16. The Morgan fingerprint density at radius 3 is 2.20 bits per heavy atom. The number of ether oxygens (including phenoxy) is 4. The average Bonchev–Trinajstić information content (AvgIpc) is 3.42. The molecule has 1 aliphatic rings. The lowest BCUT2D eigenvalue weighted by atomic mass is 9.92. The van der Waals surface area contributed by atoms with Gasteiger partial charge in [0, 0.05) is 10.3 Å². The van der Waals surface area contributed by atoms with E-state index in [1.54, 1.807) is 35.6 Å². The zero-order chi connectivity index (χ0) is 29.2. The van der Waals surface area contributed by atoms with Crippen LogP contribution in [-0.2, 0) is 30.3 Å². The summed E-state index contributed by atoms with van der Waals surface area (Å²) in [4.78, 5) is -1.45. The normalized spacial score (nSPS) is 24.2. The van der Waals surface area contributed by atoms with Gasteiger partial charge < -0.3 is 24.1 Å². The van der Waals surface area contributed by atoms with Crippen molar-refractivity contribution < 1.29 is 24.1 Å². The van der Waals surface area contributed by atoms with Gasteiger partial charge >= 0.3 is 0 Å². The van der Waals surface area contributed by atoms with Crippen LogP contribution < -0.4 is 0 Å². The van der Waals surface area contributed by atoms with E-state index in [0.29, 0.717) is 19.8 Å². The van der Waals surface area contributed by atoms with Crippen molar-refractivity contribution in [2.75, 3.05) is 33.0 Å². The molecule has 218 valence electrons. The molecule has 0 amide bonds. The molecule has 4 rings (SSSR count). The molecule has 1 aromatic heterocycles. The Hall–Kier alpha value is -2.49. The van der Waals surface area contributed by atoms with Crippen molar-refractivity contribution in [1.29, 1.82) is 0 Å². The Bertz CT molecular complexity index is 1320. The average molecular weight is 593 g/mol. The summed E-state index contributed by atoms with van der Waals surface area (Å²) in [6.07, 6.45) is 5.80. The molecule has 0 bridgehead atoms. The number of hydrogen-bond acceptors (Lipinski definition) is 7. The van der Waals surface area contributed by atoms with Crippen molar-refractivity contribution in [3.8, 4) is 0 Å².